The zero-order valence-corrected chi connectivity index (χ0v) is 16.2. The maximum Gasteiger partial charge on any atom is 0.277 e. The summed E-state index contributed by atoms with van der Waals surface area (Å²) in [5.74, 6) is 0.765. The zero-order valence-electron chi connectivity index (χ0n) is 14.6. The molecular weight excluding hydrogens is 375 g/mol. The van der Waals surface area contributed by atoms with Gasteiger partial charge in [0.2, 0.25) is 0 Å². The molecule has 0 aliphatic heterocycles. The Bertz CT molecular complexity index is 916. The van der Waals surface area contributed by atoms with Gasteiger partial charge in [0.15, 0.2) is 6.61 Å². The lowest BCUT2D eigenvalue weighted by Crippen LogP contribution is -1.97. The Kier molecular flexibility index (Phi) is 5.84. The van der Waals surface area contributed by atoms with E-state index in [4.69, 9.17) is 20.8 Å². The molecule has 1 aromatic heterocycles. The number of thioether (sulfide) groups is 1. The zero-order chi connectivity index (χ0) is 18.7. The van der Waals surface area contributed by atoms with Crippen LogP contribution in [0.1, 0.15) is 34.8 Å². The third-order valence-corrected chi connectivity index (χ3v) is 5.12. The molecule has 0 fully saturated rings. The van der Waals surface area contributed by atoms with Gasteiger partial charge in [-0.1, -0.05) is 41.6 Å². The van der Waals surface area contributed by atoms with Crippen LogP contribution in [0.25, 0.3) is 0 Å². The molecule has 1 heterocycles. The van der Waals surface area contributed by atoms with Crippen LogP contribution >= 0.6 is 23.4 Å². The molecule has 0 amide bonds. The summed E-state index contributed by atoms with van der Waals surface area (Å²) in [5.41, 5.74) is 3.05. The van der Waals surface area contributed by atoms with Crippen LogP contribution < -0.4 is 4.74 Å². The van der Waals surface area contributed by atoms with Gasteiger partial charge < -0.3 is 9.15 Å². The first-order chi connectivity index (χ1) is 12.4. The van der Waals surface area contributed by atoms with E-state index in [-0.39, 0.29) is 16.9 Å². The monoisotopic (exact) mass is 392 g/mol. The predicted octanol–water partition coefficient (Wildman–Crippen LogP) is 5.91. The standard InChI is InChI=1S/C19H18ClFN2O2S/c1-11-4-5-12(2)17(8-11)24-10-18-22-23-19(25-18)26-13(3)14-6-7-16(21)15(20)9-14/h4-9,13H,10H2,1-3H3. The van der Waals surface area contributed by atoms with Gasteiger partial charge in [0.05, 0.1) is 5.02 Å². The Morgan fingerprint density at radius 1 is 1.19 bits per heavy atom. The number of aryl methyl sites for hydroxylation is 2. The molecule has 0 saturated heterocycles. The Morgan fingerprint density at radius 3 is 2.77 bits per heavy atom. The summed E-state index contributed by atoms with van der Waals surface area (Å²) < 4.78 is 24.7. The quantitative estimate of drug-likeness (QED) is 0.488. The van der Waals surface area contributed by atoms with Crippen molar-refractivity contribution in [1.29, 1.82) is 0 Å². The van der Waals surface area contributed by atoms with Crippen LogP contribution in [0.2, 0.25) is 5.02 Å². The van der Waals surface area contributed by atoms with Crippen molar-refractivity contribution in [3.63, 3.8) is 0 Å². The van der Waals surface area contributed by atoms with E-state index < -0.39 is 5.82 Å². The first-order valence-corrected chi connectivity index (χ1v) is 9.32. The Hall–Kier alpha value is -2.05. The summed E-state index contributed by atoms with van der Waals surface area (Å²) in [6, 6.07) is 10.7. The maximum absolute atomic E-state index is 13.3. The molecule has 3 rings (SSSR count). The molecule has 0 bridgehead atoms. The largest absolute Gasteiger partial charge is 0.484 e. The molecule has 0 radical (unpaired) electrons. The predicted molar refractivity (Wildman–Crippen MR) is 100 cm³/mol. The van der Waals surface area contributed by atoms with Crippen molar-refractivity contribution in [3.8, 4) is 5.75 Å². The van der Waals surface area contributed by atoms with Crippen molar-refractivity contribution in [2.45, 2.75) is 37.9 Å². The Morgan fingerprint density at radius 2 is 2.00 bits per heavy atom. The molecule has 0 spiro atoms. The van der Waals surface area contributed by atoms with Gasteiger partial charge >= 0.3 is 0 Å². The lowest BCUT2D eigenvalue weighted by Gasteiger charge is -2.09. The van der Waals surface area contributed by atoms with E-state index in [2.05, 4.69) is 10.2 Å². The van der Waals surface area contributed by atoms with E-state index in [9.17, 15) is 4.39 Å². The van der Waals surface area contributed by atoms with Crippen LogP contribution in [-0.2, 0) is 6.61 Å². The lowest BCUT2D eigenvalue weighted by atomic mass is 10.1. The van der Waals surface area contributed by atoms with Crippen molar-refractivity contribution >= 4 is 23.4 Å². The molecule has 3 aromatic rings. The number of nitrogens with zero attached hydrogens (tertiary/aromatic N) is 2. The average molecular weight is 393 g/mol. The second-order valence-corrected chi connectivity index (χ2v) is 7.65. The number of aromatic nitrogens is 2. The van der Waals surface area contributed by atoms with Crippen LogP contribution in [0, 0.1) is 19.7 Å². The summed E-state index contributed by atoms with van der Waals surface area (Å²) in [4.78, 5) is 0. The van der Waals surface area contributed by atoms with E-state index >= 15 is 0 Å². The SMILES string of the molecule is Cc1ccc(C)c(OCc2nnc(SC(C)c3ccc(F)c(Cl)c3)o2)c1. The molecule has 0 saturated carbocycles. The third kappa shape index (κ3) is 4.56. The Balaban J connectivity index is 1.62. The van der Waals surface area contributed by atoms with Gasteiger partial charge in [-0.25, -0.2) is 4.39 Å². The van der Waals surface area contributed by atoms with Crippen molar-refractivity contribution in [2.24, 2.45) is 0 Å². The normalized spacial score (nSPS) is 12.2. The molecular formula is C19H18ClFN2O2S. The van der Waals surface area contributed by atoms with Gasteiger partial charge in [0.25, 0.3) is 11.1 Å². The number of ether oxygens (including phenoxy) is 1. The molecule has 1 atom stereocenters. The number of hydrogen-bond acceptors (Lipinski definition) is 5. The second kappa shape index (κ2) is 8.10. The van der Waals surface area contributed by atoms with E-state index in [0.29, 0.717) is 11.1 Å². The highest BCUT2D eigenvalue weighted by Gasteiger charge is 2.15. The van der Waals surface area contributed by atoms with Gasteiger partial charge in [0, 0.05) is 5.25 Å². The fourth-order valence-electron chi connectivity index (χ4n) is 2.33. The topological polar surface area (TPSA) is 48.2 Å². The van der Waals surface area contributed by atoms with E-state index in [1.807, 2.05) is 39.0 Å². The fraction of sp³-hybridized carbons (Fsp3) is 0.263. The fourth-order valence-corrected chi connectivity index (χ4v) is 3.34. The van der Waals surface area contributed by atoms with Crippen molar-refractivity contribution in [2.75, 3.05) is 0 Å². The molecule has 136 valence electrons. The number of rotatable bonds is 6. The number of benzene rings is 2. The first kappa shape index (κ1) is 18.7. The molecule has 0 aliphatic rings. The van der Waals surface area contributed by atoms with Gasteiger partial charge in [-0.15, -0.1) is 10.2 Å². The first-order valence-electron chi connectivity index (χ1n) is 8.06. The molecule has 2 aromatic carbocycles. The highest BCUT2D eigenvalue weighted by atomic mass is 35.5. The highest BCUT2D eigenvalue weighted by molar-refractivity contribution is 7.99. The van der Waals surface area contributed by atoms with Gasteiger partial charge in [-0.2, -0.15) is 0 Å². The Labute approximate surface area is 160 Å². The minimum absolute atomic E-state index is 0.0127. The van der Waals surface area contributed by atoms with Crippen molar-refractivity contribution in [3.05, 3.63) is 69.8 Å². The molecule has 4 nitrogen and oxygen atoms in total. The average Bonchev–Trinajstić information content (AvgIpc) is 3.05. The van der Waals surface area contributed by atoms with Gasteiger partial charge in [-0.3, -0.25) is 0 Å². The molecule has 26 heavy (non-hydrogen) atoms. The minimum atomic E-state index is -0.434. The number of hydrogen-bond donors (Lipinski definition) is 0. The van der Waals surface area contributed by atoms with Crippen LogP contribution in [0.5, 0.6) is 5.75 Å². The summed E-state index contributed by atoms with van der Waals surface area (Å²) in [6.45, 7) is 6.16. The summed E-state index contributed by atoms with van der Waals surface area (Å²) in [5, 5.41) is 8.56. The third-order valence-electron chi connectivity index (χ3n) is 3.83. The lowest BCUT2D eigenvalue weighted by molar-refractivity contribution is 0.250. The molecule has 1 unspecified atom stereocenters. The van der Waals surface area contributed by atoms with Crippen LogP contribution in [0.3, 0.4) is 0 Å². The van der Waals surface area contributed by atoms with Crippen LogP contribution in [-0.4, -0.2) is 10.2 Å². The van der Waals surface area contributed by atoms with Crippen molar-refractivity contribution < 1.29 is 13.5 Å². The summed E-state index contributed by atoms with van der Waals surface area (Å²) in [6.07, 6.45) is 0. The maximum atomic E-state index is 13.3. The molecule has 7 heteroatoms. The smallest absolute Gasteiger partial charge is 0.277 e. The second-order valence-electron chi connectivity index (χ2n) is 5.95. The summed E-state index contributed by atoms with van der Waals surface area (Å²) in [7, 11) is 0. The van der Waals surface area contributed by atoms with Crippen LogP contribution in [0.4, 0.5) is 4.39 Å². The van der Waals surface area contributed by atoms with E-state index in [1.165, 1.54) is 17.8 Å². The van der Waals surface area contributed by atoms with Gasteiger partial charge in [0.1, 0.15) is 11.6 Å². The van der Waals surface area contributed by atoms with Crippen LogP contribution in [0.15, 0.2) is 46.0 Å². The van der Waals surface area contributed by atoms with Crippen molar-refractivity contribution in [1.82, 2.24) is 10.2 Å². The van der Waals surface area contributed by atoms with E-state index in [1.54, 1.807) is 12.1 Å². The molecule has 0 aliphatic carbocycles. The van der Waals surface area contributed by atoms with Gasteiger partial charge in [-0.05, 0) is 55.7 Å². The molecule has 0 N–H and O–H groups in total. The highest BCUT2D eigenvalue weighted by Crippen LogP contribution is 2.35. The number of halogens is 2. The summed E-state index contributed by atoms with van der Waals surface area (Å²) >= 11 is 7.22. The minimum Gasteiger partial charge on any atom is -0.484 e. The van der Waals surface area contributed by atoms with E-state index in [0.717, 1.165) is 22.4 Å².